The van der Waals surface area contributed by atoms with Gasteiger partial charge in [0.2, 0.25) is 5.56 Å². The number of aryl methyl sites for hydroxylation is 2. The average molecular weight is 336 g/mol. The number of H-pyrrole nitrogens is 1. The molecule has 0 radical (unpaired) electrons. The Labute approximate surface area is 147 Å². The van der Waals surface area contributed by atoms with E-state index >= 15 is 0 Å². The standard InChI is InChI=1S/C21H24N2O2/c1-14-3-4-19-18(11-14)15(2)20(25-19)13-23-9-6-16(7-10-23)17-5-8-22-21(24)12-17/h3-5,8,11-12,16H,6-7,9-10,13H2,1-2H3,(H,22,24). The third kappa shape index (κ3) is 3.27. The number of pyridine rings is 1. The molecule has 1 fully saturated rings. The lowest BCUT2D eigenvalue weighted by molar-refractivity contribution is 0.192. The first kappa shape index (κ1) is 16.2. The molecule has 1 N–H and O–H groups in total. The number of nitrogens with one attached hydrogen (secondary N) is 1. The summed E-state index contributed by atoms with van der Waals surface area (Å²) in [5.41, 5.74) is 4.67. The molecule has 2 aromatic heterocycles. The molecule has 0 spiro atoms. The molecule has 0 amide bonds. The van der Waals surface area contributed by atoms with Crippen molar-refractivity contribution in [3.05, 3.63) is 69.3 Å². The summed E-state index contributed by atoms with van der Waals surface area (Å²) in [5.74, 6) is 1.56. The van der Waals surface area contributed by atoms with Gasteiger partial charge in [-0.1, -0.05) is 11.6 Å². The van der Waals surface area contributed by atoms with Gasteiger partial charge in [-0.3, -0.25) is 9.69 Å². The summed E-state index contributed by atoms with van der Waals surface area (Å²) in [6.07, 6.45) is 3.92. The molecule has 1 saturated heterocycles. The van der Waals surface area contributed by atoms with Crippen LogP contribution in [0.25, 0.3) is 11.0 Å². The fraction of sp³-hybridized carbons (Fsp3) is 0.381. The molecule has 0 saturated carbocycles. The van der Waals surface area contributed by atoms with Gasteiger partial charge < -0.3 is 9.40 Å². The molecule has 0 bridgehead atoms. The second-order valence-corrected chi connectivity index (χ2v) is 7.19. The number of fused-ring (bicyclic) bond motifs is 1. The highest BCUT2D eigenvalue weighted by Gasteiger charge is 2.22. The normalized spacial score (nSPS) is 16.6. The summed E-state index contributed by atoms with van der Waals surface area (Å²) < 4.78 is 6.10. The van der Waals surface area contributed by atoms with Crippen molar-refractivity contribution < 1.29 is 4.42 Å². The maximum absolute atomic E-state index is 11.5. The molecule has 3 heterocycles. The highest BCUT2D eigenvalue weighted by Crippen LogP contribution is 2.30. The molecule has 1 aromatic carbocycles. The van der Waals surface area contributed by atoms with E-state index in [-0.39, 0.29) is 5.56 Å². The maximum Gasteiger partial charge on any atom is 0.248 e. The summed E-state index contributed by atoms with van der Waals surface area (Å²) in [7, 11) is 0. The summed E-state index contributed by atoms with van der Waals surface area (Å²) in [4.78, 5) is 16.7. The van der Waals surface area contributed by atoms with Crippen LogP contribution in [0.15, 0.2) is 45.7 Å². The van der Waals surface area contributed by atoms with Gasteiger partial charge in [0.25, 0.3) is 0 Å². The number of piperidine rings is 1. The van der Waals surface area contributed by atoms with Crippen LogP contribution in [0.5, 0.6) is 0 Å². The zero-order valence-electron chi connectivity index (χ0n) is 14.8. The Morgan fingerprint density at radius 3 is 2.72 bits per heavy atom. The Kier molecular flexibility index (Phi) is 4.22. The van der Waals surface area contributed by atoms with Gasteiger partial charge in [0.05, 0.1) is 6.54 Å². The first-order chi connectivity index (χ1) is 12.1. The van der Waals surface area contributed by atoms with E-state index in [9.17, 15) is 4.79 Å². The minimum atomic E-state index is -0.00637. The molecule has 4 rings (SSSR count). The van der Waals surface area contributed by atoms with E-state index < -0.39 is 0 Å². The number of aromatic amines is 1. The second-order valence-electron chi connectivity index (χ2n) is 7.19. The van der Waals surface area contributed by atoms with E-state index in [2.05, 4.69) is 41.9 Å². The molecule has 1 aliphatic rings. The second kappa shape index (κ2) is 6.52. The monoisotopic (exact) mass is 336 g/mol. The lowest BCUT2D eigenvalue weighted by Crippen LogP contribution is -2.32. The van der Waals surface area contributed by atoms with Crippen LogP contribution < -0.4 is 5.56 Å². The Hall–Kier alpha value is -2.33. The lowest BCUT2D eigenvalue weighted by atomic mass is 9.90. The van der Waals surface area contributed by atoms with E-state index in [1.807, 2.05) is 6.07 Å². The molecule has 25 heavy (non-hydrogen) atoms. The highest BCUT2D eigenvalue weighted by molar-refractivity contribution is 5.82. The first-order valence-electron chi connectivity index (χ1n) is 9.00. The summed E-state index contributed by atoms with van der Waals surface area (Å²) in [6, 6.07) is 10.2. The third-order valence-corrected chi connectivity index (χ3v) is 5.42. The summed E-state index contributed by atoms with van der Waals surface area (Å²) in [6.45, 7) is 7.20. The molecular formula is C21H24N2O2. The van der Waals surface area contributed by atoms with Gasteiger partial charge in [-0.15, -0.1) is 0 Å². The van der Waals surface area contributed by atoms with Crippen LogP contribution in [-0.4, -0.2) is 23.0 Å². The number of benzene rings is 1. The van der Waals surface area contributed by atoms with Crippen LogP contribution in [-0.2, 0) is 6.54 Å². The van der Waals surface area contributed by atoms with Crippen LogP contribution in [0.1, 0.15) is 41.2 Å². The molecule has 0 aliphatic carbocycles. The predicted octanol–water partition coefficient (Wildman–Crippen LogP) is 4.12. The number of aromatic nitrogens is 1. The number of rotatable bonds is 3. The van der Waals surface area contributed by atoms with E-state index in [1.54, 1.807) is 12.3 Å². The van der Waals surface area contributed by atoms with E-state index in [0.29, 0.717) is 5.92 Å². The van der Waals surface area contributed by atoms with Crippen LogP contribution in [0.2, 0.25) is 0 Å². The Morgan fingerprint density at radius 2 is 1.96 bits per heavy atom. The lowest BCUT2D eigenvalue weighted by Gasteiger charge is -2.31. The van der Waals surface area contributed by atoms with Crippen molar-refractivity contribution in [3.63, 3.8) is 0 Å². The Morgan fingerprint density at radius 1 is 1.16 bits per heavy atom. The largest absolute Gasteiger partial charge is 0.459 e. The molecule has 130 valence electrons. The van der Waals surface area contributed by atoms with Gasteiger partial charge in [0.1, 0.15) is 11.3 Å². The molecule has 0 atom stereocenters. The minimum Gasteiger partial charge on any atom is -0.459 e. The maximum atomic E-state index is 11.5. The quantitative estimate of drug-likeness (QED) is 0.783. The van der Waals surface area contributed by atoms with Gasteiger partial charge >= 0.3 is 0 Å². The van der Waals surface area contributed by atoms with Gasteiger partial charge in [-0.2, -0.15) is 0 Å². The van der Waals surface area contributed by atoms with Gasteiger partial charge in [-0.05, 0) is 75.0 Å². The minimum absolute atomic E-state index is 0.00637. The highest BCUT2D eigenvalue weighted by atomic mass is 16.3. The molecule has 4 heteroatoms. The van der Waals surface area contributed by atoms with Gasteiger partial charge in [0, 0.05) is 17.6 Å². The zero-order chi connectivity index (χ0) is 17.4. The van der Waals surface area contributed by atoms with Crippen LogP contribution in [0, 0.1) is 13.8 Å². The fourth-order valence-electron chi connectivity index (χ4n) is 3.88. The smallest absolute Gasteiger partial charge is 0.248 e. The number of hydrogen-bond donors (Lipinski definition) is 1. The van der Waals surface area contributed by atoms with E-state index in [0.717, 1.165) is 43.8 Å². The SMILES string of the molecule is Cc1ccc2oc(CN3CCC(c4cc[nH]c(=O)c4)CC3)c(C)c2c1. The molecule has 4 nitrogen and oxygen atoms in total. The molecular weight excluding hydrogens is 312 g/mol. The van der Waals surface area contributed by atoms with Crippen molar-refractivity contribution in [2.45, 2.75) is 39.2 Å². The van der Waals surface area contributed by atoms with E-state index in [1.165, 1.54) is 22.1 Å². The number of furan rings is 1. The zero-order valence-corrected chi connectivity index (χ0v) is 14.8. The Balaban J connectivity index is 1.45. The topological polar surface area (TPSA) is 49.2 Å². The fourth-order valence-corrected chi connectivity index (χ4v) is 3.88. The van der Waals surface area contributed by atoms with Crippen molar-refractivity contribution in [3.8, 4) is 0 Å². The summed E-state index contributed by atoms with van der Waals surface area (Å²) >= 11 is 0. The average Bonchev–Trinajstić information content (AvgIpc) is 2.91. The Bertz CT molecular complexity index is 946. The van der Waals surface area contributed by atoms with Gasteiger partial charge in [-0.25, -0.2) is 0 Å². The number of likely N-dealkylation sites (tertiary alicyclic amines) is 1. The van der Waals surface area contributed by atoms with Crippen molar-refractivity contribution >= 4 is 11.0 Å². The van der Waals surface area contributed by atoms with Gasteiger partial charge in [0.15, 0.2) is 0 Å². The van der Waals surface area contributed by atoms with Crippen molar-refractivity contribution in [2.24, 2.45) is 0 Å². The van der Waals surface area contributed by atoms with E-state index in [4.69, 9.17) is 4.42 Å². The van der Waals surface area contributed by atoms with Crippen LogP contribution in [0.3, 0.4) is 0 Å². The van der Waals surface area contributed by atoms with Crippen molar-refractivity contribution in [2.75, 3.05) is 13.1 Å². The number of hydrogen-bond acceptors (Lipinski definition) is 3. The molecule has 1 aliphatic heterocycles. The van der Waals surface area contributed by atoms with Crippen LogP contribution in [0.4, 0.5) is 0 Å². The molecule has 3 aromatic rings. The predicted molar refractivity (Wildman–Crippen MR) is 100 cm³/mol. The molecule has 0 unspecified atom stereocenters. The number of nitrogens with zero attached hydrogens (tertiary/aromatic N) is 1. The third-order valence-electron chi connectivity index (χ3n) is 5.42. The summed E-state index contributed by atoms with van der Waals surface area (Å²) in [5, 5.41) is 1.23. The first-order valence-corrected chi connectivity index (χ1v) is 9.00. The van der Waals surface area contributed by atoms with Crippen molar-refractivity contribution in [1.29, 1.82) is 0 Å². The van der Waals surface area contributed by atoms with Crippen molar-refractivity contribution in [1.82, 2.24) is 9.88 Å². The van der Waals surface area contributed by atoms with Crippen LogP contribution >= 0.6 is 0 Å².